The first-order chi connectivity index (χ1) is 16.4. The average molecular weight is 560 g/mol. The number of allylic oxidation sites excluding steroid dienone is 1. The molecule has 1 atom stereocenters. The molecular formula is C25H23BrN2O4S2. The summed E-state index contributed by atoms with van der Waals surface area (Å²) in [7, 11) is 1.59. The Morgan fingerprint density at radius 2 is 2.00 bits per heavy atom. The minimum Gasteiger partial charge on any atom is -0.496 e. The number of ether oxygens (including phenoxy) is 2. The Morgan fingerprint density at radius 1 is 1.26 bits per heavy atom. The molecule has 0 unspecified atom stereocenters. The van der Waals surface area contributed by atoms with Gasteiger partial charge in [0.05, 0.1) is 35.6 Å². The van der Waals surface area contributed by atoms with Crippen LogP contribution in [0.4, 0.5) is 0 Å². The second-order valence-corrected chi connectivity index (χ2v) is 10.3. The number of thiazole rings is 1. The normalized spacial score (nSPS) is 15.7. The highest BCUT2D eigenvalue weighted by Crippen LogP contribution is 2.32. The van der Waals surface area contributed by atoms with E-state index in [1.54, 1.807) is 43.4 Å². The number of fused-ring (bicyclic) bond motifs is 1. The number of thioether (sulfide) groups is 1. The van der Waals surface area contributed by atoms with Crippen molar-refractivity contribution in [2.24, 2.45) is 4.99 Å². The van der Waals surface area contributed by atoms with E-state index in [2.05, 4.69) is 20.9 Å². The molecule has 0 radical (unpaired) electrons. The van der Waals surface area contributed by atoms with Crippen molar-refractivity contribution in [1.29, 1.82) is 0 Å². The first kappa shape index (κ1) is 24.5. The number of methoxy groups -OCH3 is 1. The number of hydrogen-bond donors (Lipinski definition) is 0. The summed E-state index contributed by atoms with van der Waals surface area (Å²) >= 11 is 6.39. The van der Waals surface area contributed by atoms with Gasteiger partial charge in [-0.3, -0.25) is 9.36 Å². The number of rotatable bonds is 6. The van der Waals surface area contributed by atoms with E-state index in [1.165, 1.54) is 11.3 Å². The predicted molar refractivity (Wildman–Crippen MR) is 139 cm³/mol. The molecule has 1 aliphatic rings. The predicted octanol–water partition coefficient (Wildman–Crippen LogP) is 4.29. The van der Waals surface area contributed by atoms with Crippen LogP contribution < -0.4 is 19.6 Å². The van der Waals surface area contributed by atoms with Gasteiger partial charge >= 0.3 is 5.97 Å². The van der Waals surface area contributed by atoms with Crippen LogP contribution in [0.3, 0.4) is 0 Å². The molecule has 0 saturated carbocycles. The fraction of sp³-hybridized carbons (Fsp3) is 0.240. The van der Waals surface area contributed by atoms with Crippen LogP contribution in [-0.4, -0.2) is 30.5 Å². The Kier molecular flexibility index (Phi) is 7.45. The summed E-state index contributed by atoms with van der Waals surface area (Å²) in [4.78, 5) is 32.9. The quantitative estimate of drug-likeness (QED) is 0.333. The number of hydrogen-bond acceptors (Lipinski definition) is 7. The molecule has 0 aliphatic carbocycles. The summed E-state index contributed by atoms with van der Waals surface area (Å²) in [6.07, 6.45) is 3.80. The summed E-state index contributed by atoms with van der Waals surface area (Å²) in [6, 6.07) is 12.9. The van der Waals surface area contributed by atoms with Gasteiger partial charge in [0.1, 0.15) is 5.75 Å². The van der Waals surface area contributed by atoms with Gasteiger partial charge in [-0.25, -0.2) is 9.79 Å². The van der Waals surface area contributed by atoms with Crippen molar-refractivity contribution in [3.05, 3.63) is 89.0 Å². The van der Waals surface area contributed by atoms with Gasteiger partial charge in [-0.15, -0.1) is 11.8 Å². The Labute approximate surface area is 213 Å². The molecule has 0 fully saturated rings. The largest absolute Gasteiger partial charge is 0.496 e. The lowest BCUT2D eigenvalue weighted by Crippen LogP contribution is -2.39. The second kappa shape index (κ2) is 10.3. The zero-order valence-corrected chi connectivity index (χ0v) is 22.3. The van der Waals surface area contributed by atoms with Crippen molar-refractivity contribution < 1.29 is 14.3 Å². The first-order valence-corrected chi connectivity index (χ1v) is 13.4. The lowest BCUT2D eigenvalue weighted by Gasteiger charge is -2.24. The van der Waals surface area contributed by atoms with E-state index in [4.69, 9.17) is 9.47 Å². The number of aromatic nitrogens is 1. The SMILES string of the molecule is CCOC(=O)C1=C(C)N=c2s/c(=C\c3cc(Br)ccc3OC)c(=O)n2[C@@H]1c1ccc(SC)cc1. The molecular weight excluding hydrogens is 536 g/mol. The molecule has 2 heterocycles. The fourth-order valence-electron chi connectivity index (χ4n) is 3.85. The molecule has 9 heteroatoms. The van der Waals surface area contributed by atoms with E-state index in [1.807, 2.05) is 48.7 Å². The van der Waals surface area contributed by atoms with Crippen LogP contribution in [0.2, 0.25) is 0 Å². The third kappa shape index (κ3) is 4.64. The van der Waals surface area contributed by atoms with Gasteiger partial charge in [-0.1, -0.05) is 39.4 Å². The Bertz CT molecular complexity index is 1460. The smallest absolute Gasteiger partial charge is 0.338 e. The molecule has 176 valence electrons. The number of esters is 1. The molecule has 0 N–H and O–H groups in total. The van der Waals surface area contributed by atoms with Crippen LogP contribution >= 0.6 is 39.0 Å². The minimum atomic E-state index is -0.627. The maximum absolute atomic E-state index is 13.7. The molecule has 0 saturated heterocycles. The van der Waals surface area contributed by atoms with Crippen LogP contribution in [0.15, 0.2) is 72.9 Å². The van der Waals surface area contributed by atoms with Crippen molar-refractivity contribution in [3.63, 3.8) is 0 Å². The van der Waals surface area contributed by atoms with E-state index in [-0.39, 0.29) is 12.2 Å². The van der Waals surface area contributed by atoms with Crippen molar-refractivity contribution in [3.8, 4) is 5.75 Å². The van der Waals surface area contributed by atoms with Gasteiger partial charge in [-0.2, -0.15) is 0 Å². The zero-order valence-electron chi connectivity index (χ0n) is 19.1. The lowest BCUT2D eigenvalue weighted by molar-refractivity contribution is -0.139. The Balaban J connectivity index is 1.96. The Hall–Kier alpha value is -2.62. The summed E-state index contributed by atoms with van der Waals surface area (Å²) in [5.74, 6) is 0.187. The van der Waals surface area contributed by atoms with Crippen LogP contribution in [0.1, 0.15) is 31.0 Å². The van der Waals surface area contributed by atoms with Gasteiger partial charge in [0.15, 0.2) is 4.80 Å². The number of nitrogens with zero attached hydrogens (tertiary/aromatic N) is 2. The lowest BCUT2D eigenvalue weighted by atomic mass is 9.96. The van der Waals surface area contributed by atoms with E-state index in [0.29, 0.717) is 26.4 Å². The summed E-state index contributed by atoms with van der Waals surface area (Å²) in [6.45, 7) is 3.78. The number of carbonyl (C=O) groups excluding carboxylic acids is 1. The van der Waals surface area contributed by atoms with Crippen molar-refractivity contribution in [2.45, 2.75) is 24.8 Å². The first-order valence-electron chi connectivity index (χ1n) is 10.5. The molecule has 6 nitrogen and oxygen atoms in total. The molecule has 1 aromatic heterocycles. The van der Waals surface area contributed by atoms with Gasteiger partial charge < -0.3 is 9.47 Å². The van der Waals surface area contributed by atoms with Crippen LogP contribution in [0.25, 0.3) is 6.08 Å². The third-order valence-electron chi connectivity index (χ3n) is 5.43. The molecule has 3 aromatic rings. The molecule has 2 aromatic carbocycles. The van der Waals surface area contributed by atoms with E-state index >= 15 is 0 Å². The van der Waals surface area contributed by atoms with Gasteiger partial charge in [0, 0.05) is 14.9 Å². The highest BCUT2D eigenvalue weighted by molar-refractivity contribution is 9.10. The summed E-state index contributed by atoms with van der Waals surface area (Å²) in [5.41, 5.74) is 2.29. The van der Waals surface area contributed by atoms with Crippen molar-refractivity contribution >= 4 is 51.1 Å². The molecule has 1 aliphatic heterocycles. The van der Waals surface area contributed by atoms with Crippen molar-refractivity contribution in [2.75, 3.05) is 20.0 Å². The molecule has 34 heavy (non-hydrogen) atoms. The second-order valence-electron chi connectivity index (χ2n) is 7.46. The van der Waals surface area contributed by atoms with Crippen LogP contribution in [0, 0.1) is 0 Å². The van der Waals surface area contributed by atoms with Crippen molar-refractivity contribution in [1.82, 2.24) is 4.57 Å². The number of halogens is 1. The highest BCUT2D eigenvalue weighted by atomic mass is 79.9. The monoisotopic (exact) mass is 558 g/mol. The molecule has 4 rings (SSSR count). The number of carbonyl (C=O) groups is 1. The number of benzene rings is 2. The van der Waals surface area contributed by atoms with Gasteiger partial charge in [0.2, 0.25) is 0 Å². The maximum atomic E-state index is 13.7. The van der Waals surface area contributed by atoms with Crippen LogP contribution in [-0.2, 0) is 9.53 Å². The summed E-state index contributed by atoms with van der Waals surface area (Å²) in [5, 5.41) is 0. The molecule has 0 bridgehead atoms. The topological polar surface area (TPSA) is 69.9 Å². The standard InChI is InChI=1S/C25H23BrN2O4S2/c1-5-32-24(30)21-14(2)27-25-28(22(21)15-6-9-18(33-4)10-7-15)23(29)20(34-25)13-16-12-17(26)8-11-19(16)31-3/h6-13,22H,5H2,1-4H3/b20-13-/t22-/m1/s1. The molecule has 0 spiro atoms. The maximum Gasteiger partial charge on any atom is 0.338 e. The van der Waals surface area contributed by atoms with E-state index < -0.39 is 12.0 Å². The van der Waals surface area contributed by atoms with E-state index in [0.717, 1.165) is 20.5 Å². The average Bonchev–Trinajstić information content (AvgIpc) is 3.13. The fourth-order valence-corrected chi connectivity index (χ4v) is 5.68. The van der Waals surface area contributed by atoms with E-state index in [9.17, 15) is 9.59 Å². The minimum absolute atomic E-state index is 0.223. The van der Waals surface area contributed by atoms with Gasteiger partial charge in [0.25, 0.3) is 5.56 Å². The summed E-state index contributed by atoms with van der Waals surface area (Å²) < 4.78 is 13.8. The van der Waals surface area contributed by atoms with Crippen LogP contribution in [0.5, 0.6) is 5.75 Å². The molecule has 0 amide bonds. The van der Waals surface area contributed by atoms with Gasteiger partial charge in [-0.05, 0) is 62.1 Å². The highest BCUT2D eigenvalue weighted by Gasteiger charge is 2.33. The zero-order chi connectivity index (χ0) is 24.4. The Morgan fingerprint density at radius 3 is 2.65 bits per heavy atom. The third-order valence-corrected chi connectivity index (χ3v) is 7.65.